The Kier molecular flexibility index (Phi) is 5.25. The first-order chi connectivity index (χ1) is 15.6. The number of hydrogen-bond donors (Lipinski definition) is 2. The number of anilines is 1. The van der Waals surface area contributed by atoms with Crippen LogP contribution >= 0.6 is 11.3 Å². The van der Waals surface area contributed by atoms with Gasteiger partial charge in [0.2, 0.25) is 0 Å². The first-order valence-corrected chi connectivity index (χ1v) is 12.2. The van der Waals surface area contributed by atoms with Crippen LogP contribution in [0.2, 0.25) is 0 Å². The molecule has 7 nitrogen and oxygen atoms in total. The summed E-state index contributed by atoms with van der Waals surface area (Å²) in [4.78, 5) is 6.94. The van der Waals surface area contributed by atoms with Crippen LogP contribution in [0.4, 0.5) is 5.82 Å². The van der Waals surface area contributed by atoms with E-state index in [2.05, 4.69) is 94.6 Å². The zero-order valence-electron chi connectivity index (χ0n) is 20.1. The van der Waals surface area contributed by atoms with Crippen molar-refractivity contribution in [3.63, 3.8) is 0 Å². The van der Waals surface area contributed by atoms with E-state index < -0.39 is 0 Å². The Labute approximate surface area is 198 Å². The number of H-pyrrole nitrogens is 1. The van der Waals surface area contributed by atoms with Gasteiger partial charge >= 0.3 is 0 Å². The molecule has 4 heterocycles. The van der Waals surface area contributed by atoms with Crippen molar-refractivity contribution in [2.45, 2.75) is 64.6 Å². The smallest absolute Gasteiger partial charge is 0.151 e. The van der Waals surface area contributed by atoms with Gasteiger partial charge in [-0.05, 0) is 59.6 Å². The van der Waals surface area contributed by atoms with Crippen molar-refractivity contribution in [2.24, 2.45) is 0 Å². The van der Waals surface area contributed by atoms with Crippen LogP contribution < -0.4 is 10.2 Å². The average molecular weight is 462 g/mol. The second kappa shape index (κ2) is 7.88. The van der Waals surface area contributed by atoms with E-state index in [-0.39, 0.29) is 11.1 Å². The number of hydrogen-bond acceptors (Lipinski definition) is 7. The monoisotopic (exact) mass is 461 g/mol. The highest BCUT2D eigenvalue weighted by molar-refractivity contribution is 7.17. The number of aromatic amines is 1. The van der Waals surface area contributed by atoms with Crippen molar-refractivity contribution in [3.8, 4) is 22.4 Å². The lowest BCUT2D eigenvalue weighted by atomic mass is 9.79. The van der Waals surface area contributed by atoms with Crippen molar-refractivity contribution in [1.29, 1.82) is 0 Å². The number of piperidine rings is 1. The highest BCUT2D eigenvalue weighted by Crippen LogP contribution is 2.38. The zero-order valence-corrected chi connectivity index (χ0v) is 20.9. The van der Waals surface area contributed by atoms with E-state index in [1.54, 1.807) is 11.3 Å². The van der Waals surface area contributed by atoms with E-state index in [1.807, 2.05) is 18.6 Å². The highest BCUT2D eigenvalue weighted by Gasteiger charge is 2.39. The van der Waals surface area contributed by atoms with Crippen molar-refractivity contribution < 1.29 is 0 Å². The Balaban J connectivity index is 1.45. The number of aromatic nitrogens is 5. The molecule has 1 aliphatic rings. The van der Waals surface area contributed by atoms with E-state index in [1.165, 1.54) is 0 Å². The molecule has 2 N–H and O–H groups in total. The minimum Gasteiger partial charge on any atom is -0.355 e. The fourth-order valence-corrected chi connectivity index (χ4v) is 6.22. The van der Waals surface area contributed by atoms with Gasteiger partial charge in [-0.2, -0.15) is 5.10 Å². The predicted molar refractivity (Wildman–Crippen MR) is 136 cm³/mol. The maximum atomic E-state index is 4.65. The molecule has 172 valence electrons. The molecule has 1 saturated heterocycles. The lowest BCUT2D eigenvalue weighted by Crippen LogP contribution is -2.62. The quantitative estimate of drug-likeness (QED) is 0.435. The van der Waals surface area contributed by atoms with Gasteiger partial charge in [0, 0.05) is 46.6 Å². The molecular formula is C25H31N7S. The summed E-state index contributed by atoms with van der Waals surface area (Å²) in [5.74, 6) is 0.906. The second-order valence-corrected chi connectivity index (χ2v) is 11.3. The fourth-order valence-electron chi connectivity index (χ4n) is 5.38. The molecule has 3 aromatic heterocycles. The van der Waals surface area contributed by atoms with Gasteiger partial charge in [0.05, 0.1) is 27.6 Å². The SMILES string of the molecule is Cc1[nH]ncc1-c1ccc(-c2ccc(N(C)C3CC(C)(C)NC(C)(C)C3)nn2)c2scnc12. The normalized spacial score (nSPS) is 18.0. The third-order valence-electron chi connectivity index (χ3n) is 6.61. The molecule has 8 heteroatoms. The van der Waals surface area contributed by atoms with E-state index >= 15 is 0 Å². The molecule has 0 saturated carbocycles. The predicted octanol–water partition coefficient (Wildman–Crippen LogP) is 5.20. The van der Waals surface area contributed by atoms with Gasteiger partial charge < -0.3 is 10.2 Å². The molecule has 0 bridgehead atoms. The van der Waals surface area contributed by atoms with Crippen LogP contribution in [0.5, 0.6) is 0 Å². The second-order valence-electron chi connectivity index (χ2n) is 10.4. The summed E-state index contributed by atoms with van der Waals surface area (Å²) in [5.41, 5.74) is 8.16. The van der Waals surface area contributed by atoms with Crippen LogP contribution in [0.1, 0.15) is 46.2 Å². The van der Waals surface area contributed by atoms with Crippen molar-refractivity contribution >= 4 is 27.4 Å². The number of fused-ring (bicyclic) bond motifs is 1. The molecule has 33 heavy (non-hydrogen) atoms. The molecule has 0 atom stereocenters. The summed E-state index contributed by atoms with van der Waals surface area (Å²) < 4.78 is 1.12. The molecule has 0 unspecified atom stereocenters. The molecular weight excluding hydrogens is 430 g/mol. The molecule has 0 amide bonds. The summed E-state index contributed by atoms with van der Waals surface area (Å²) >= 11 is 1.63. The topological polar surface area (TPSA) is 82.6 Å². The van der Waals surface area contributed by atoms with Crippen LogP contribution in [0, 0.1) is 6.92 Å². The zero-order chi connectivity index (χ0) is 23.4. The Hall–Kier alpha value is -2.84. The van der Waals surface area contributed by atoms with Crippen molar-refractivity contribution in [2.75, 3.05) is 11.9 Å². The first kappa shape index (κ1) is 22.0. The van der Waals surface area contributed by atoms with Crippen molar-refractivity contribution in [3.05, 3.63) is 41.7 Å². The van der Waals surface area contributed by atoms with E-state index in [4.69, 9.17) is 0 Å². The molecule has 5 rings (SSSR count). The number of nitrogens with zero attached hydrogens (tertiary/aromatic N) is 5. The Morgan fingerprint density at radius 2 is 1.70 bits per heavy atom. The molecule has 1 aromatic carbocycles. The largest absolute Gasteiger partial charge is 0.355 e. The molecule has 0 radical (unpaired) electrons. The van der Waals surface area contributed by atoms with Crippen LogP contribution in [0.3, 0.4) is 0 Å². The maximum absolute atomic E-state index is 4.65. The van der Waals surface area contributed by atoms with Gasteiger partial charge in [-0.1, -0.05) is 12.1 Å². The summed E-state index contributed by atoms with van der Waals surface area (Å²) in [6.07, 6.45) is 3.98. The van der Waals surface area contributed by atoms with Crippen LogP contribution in [0.25, 0.3) is 32.6 Å². The van der Waals surface area contributed by atoms with Gasteiger partial charge in [0.25, 0.3) is 0 Å². The van der Waals surface area contributed by atoms with Crippen molar-refractivity contribution in [1.82, 2.24) is 30.7 Å². The number of nitrogens with one attached hydrogen (secondary N) is 2. The van der Waals surface area contributed by atoms with Gasteiger partial charge in [-0.25, -0.2) is 4.98 Å². The van der Waals surface area contributed by atoms with Gasteiger partial charge in [0.1, 0.15) is 0 Å². The fraction of sp³-hybridized carbons (Fsp3) is 0.440. The van der Waals surface area contributed by atoms with Crippen LogP contribution in [0.15, 0.2) is 36.0 Å². The molecule has 4 aromatic rings. The Morgan fingerprint density at radius 3 is 2.33 bits per heavy atom. The first-order valence-electron chi connectivity index (χ1n) is 11.4. The number of thiazole rings is 1. The third-order valence-corrected chi connectivity index (χ3v) is 7.47. The van der Waals surface area contributed by atoms with Gasteiger partial charge in [-0.3, -0.25) is 5.10 Å². The molecule has 0 aliphatic carbocycles. The van der Waals surface area contributed by atoms with E-state index in [0.717, 1.165) is 57.0 Å². The minimum absolute atomic E-state index is 0.0842. The average Bonchev–Trinajstić information content (AvgIpc) is 3.40. The Bertz CT molecular complexity index is 1270. The summed E-state index contributed by atoms with van der Waals surface area (Å²) in [7, 11) is 2.13. The van der Waals surface area contributed by atoms with Gasteiger partial charge in [-0.15, -0.1) is 21.5 Å². The minimum atomic E-state index is 0.0842. The summed E-state index contributed by atoms with van der Waals surface area (Å²) in [6.45, 7) is 11.1. The molecule has 1 aliphatic heterocycles. The molecule has 0 spiro atoms. The number of aryl methyl sites for hydroxylation is 1. The lowest BCUT2D eigenvalue weighted by molar-refractivity contribution is 0.160. The van der Waals surface area contributed by atoms with E-state index in [9.17, 15) is 0 Å². The number of rotatable bonds is 4. The Morgan fingerprint density at radius 1 is 0.970 bits per heavy atom. The van der Waals surface area contributed by atoms with Crippen LogP contribution in [-0.4, -0.2) is 49.5 Å². The van der Waals surface area contributed by atoms with Gasteiger partial charge in [0.15, 0.2) is 5.82 Å². The maximum Gasteiger partial charge on any atom is 0.151 e. The highest BCUT2D eigenvalue weighted by atomic mass is 32.1. The van der Waals surface area contributed by atoms with E-state index in [0.29, 0.717) is 6.04 Å². The standard InChI is InChI=1S/C25H31N7S/c1-15-19(13-27-28-15)17-7-8-18(23-22(17)26-14-33-23)20-9-10-21(30-29-20)32(6)16-11-24(2,3)31-25(4,5)12-16/h7-10,13-14,16,31H,11-12H2,1-6H3,(H,27,28). The lowest BCUT2D eigenvalue weighted by Gasteiger charge is -2.49. The third kappa shape index (κ3) is 4.13. The number of benzene rings is 1. The molecule has 1 fully saturated rings. The van der Waals surface area contributed by atoms with Crippen LogP contribution in [-0.2, 0) is 0 Å². The summed E-state index contributed by atoms with van der Waals surface area (Å²) in [5, 5.41) is 20.2. The summed E-state index contributed by atoms with van der Waals surface area (Å²) in [6, 6.07) is 8.80.